The number of benzene rings is 2. The molecule has 2 aromatic carbocycles. The van der Waals surface area contributed by atoms with Gasteiger partial charge >= 0.3 is 0 Å². The lowest BCUT2D eigenvalue weighted by molar-refractivity contribution is 0.881. The van der Waals surface area contributed by atoms with Gasteiger partial charge in [0, 0.05) is 6.20 Å². The maximum Gasteiger partial charge on any atom is 0.216 e. The molecular weight excluding hydrogens is 328 g/mol. The van der Waals surface area contributed by atoms with E-state index in [0.717, 1.165) is 16.8 Å². The highest BCUT2D eigenvalue weighted by atomic mass is 15.5. The summed E-state index contributed by atoms with van der Waals surface area (Å²) in [5, 5.41) is 34.3. The molecule has 0 bridgehead atoms. The van der Waals surface area contributed by atoms with Crippen LogP contribution >= 0.6 is 0 Å². The number of azo groups is 1. The van der Waals surface area contributed by atoms with Gasteiger partial charge in [0.05, 0.1) is 11.4 Å². The minimum absolute atomic E-state index is 0.218. The van der Waals surface area contributed by atoms with Crippen LogP contribution in [0.25, 0.3) is 5.57 Å². The molecule has 26 heavy (non-hydrogen) atoms. The van der Waals surface area contributed by atoms with E-state index in [2.05, 4.69) is 36.2 Å². The number of allylic oxidation sites excluding steroid dienone is 1. The van der Waals surface area contributed by atoms with Crippen molar-refractivity contribution < 1.29 is 0 Å². The number of hydrogen-bond acceptors (Lipinski definition) is 7. The van der Waals surface area contributed by atoms with E-state index >= 15 is 0 Å². The summed E-state index contributed by atoms with van der Waals surface area (Å²) in [6.45, 7) is 4.00. The lowest BCUT2D eigenvalue weighted by Gasteiger charge is -2.06. The van der Waals surface area contributed by atoms with Crippen LogP contribution < -0.4 is 5.32 Å². The second-order valence-corrected chi connectivity index (χ2v) is 5.61. The monoisotopic (exact) mass is 344 g/mol. The van der Waals surface area contributed by atoms with Crippen molar-refractivity contribution in [1.82, 2.24) is 20.6 Å². The first-order valence-corrected chi connectivity index (χ1v) is 7.85. The smallest absolute Gasteiger partial charge is 0.216 e. The van der Waals surface area contributed by atoms with Crippen LogP contribution in [0.1, 0.15) is 17.0 Å². The Balaban J connectivity index is 1.86. The van der Waals surface area contributed by atoms with Crippen molar-refractivity contribution in [2.45, 2.75) is 13.8 Å². The first-order chi connectivity index (χ1) is 12.7. The summed E-state index contributed by atoms with van der Waals surface area (Å²) in [7, 11) is 0. The molecule has 0 amide bonds. The van der Waals surface area contributed by atoms with Crippen molar-refractivity contribution in [1.29, 1.82) is 5.26 Å². The molecule has 3 rings (SSSR count). The number of nitrogens with one attached hydrogen (secondary N) is 2. The van der Waals surface area contributed by atoms with E-state index in [1.54, 1.807) is 0 Å². The molecule has 1 aromatic heterocycles. The largest absolute Gasteiger partial charge is 0.358 e. The maximum atomic E-state index is 9.24. The Labute approximate surface area is 150 Å². The molecule has 2 N–H and O–H groups in total. The average molecular weight is 344 g/mol. The van der Waals surface area contributed by atoms with Gasteiger partial charge in [0.1, 0.15) is 17.3 Å². The van der Waals surface area contributed by atoms with Crippen LogP contribution in [-0.4, -0.2) is 20.6 Å². The number of nitriles is 1. The first-order valence-electron chi connectivity index (χ1n) is 7.85. The van der Waals surface area contributed by atoms with Crippen molar-refractivity contribution in [3.63, 3.8) is 0 Å². The molecule has 0 unspecified atom stereocenters. The van der Waals surface area contributed by atoms with Gasteiger partial charge in [0.15, 0.2) is 0 Å². The van der Waals surface area contributed by atoms with Crippen LogP contribution in [-0.2, 0) is 0 Å². The zero-order chi connectivity index (χ0) is 18.4. The Bertz CT molecular complexity index is 979. The van der Waals surface area contributed by atoms with Crippen molar-refractivity contribution in [3.05, 3.63) is 65.6 Å². The van der Waals surface area contributed by atoms with Gasteiger partial charge in [-0.2, -0.15) is 15.6 Å². The van der Waals surface area contributed by atoms with Crippen LogP contribution in [0.15, 0.2) is 58.9 Å². The molecule has 0 saturated heterocycles. The Kier molecular flexibility index (Phi) is 5.10. The molecule has 128 valence electrons. The van der Waals surface area contributed by atoms with Gasteiger partial charge in [-0.3, -0.25) is 0 Å². The highest BCUT2D eigenvalue weighted by Crippen LogP contribution is 2.28. The van der Waals surface area contributed by atoms with Gasteiger partial charge < -0.3 is 5.32 Å². The fraction of sp³-hybridized carbons (Fsp3) is 0.111. The normalized spacial score (nSPS) is 11.5. The van der Waals surface area contributed by atoms with E-state index in [-0.39, 0.29) is 11.4 Å². The third-order valence-electron chi connectivity index (χ3n) is 3.54. The van der Waals surface area contributed by atoms with Gasteiger partial charge in [-0.1, -0.05) is 23.8 Å². The predicted molar refractivity (Wildman–Crippen MR) is 97.9 cm³/mol. The van der Waals surface area contributed by atoms with E-state index < -0.39 is 0 Å². The van der Waals surface area contributed by atoms with Gasteiger partial charge in [-0.05, 0) is 48.9 Å². The third kappa shape index (κ3) is 4.15. The standard InChI is InChI=1S/C18H16N8/c1-12-3-6-15(7-4-12)21-22-17-9-13(2)5-8-16(17)20-11-14(10-19)18-23-25-26-24-18/h3-9,11,20H,1-2H3,(H,23,24,25,26). The molecule has 8 heteroatoms. The summed E-state index contributed by atoms with van der Waals surface area (Å²) in [5.41, 5.74) is 4.60. The predicted octanol–water partition coefficient (Wildman–Crippen LogP) is 4.21. The van der Waals surface area contributed by atoms with Crippen molar-refractivity contribution in [2.24, 2.45) is 10.2 Å². The van der Waals surface area contributed by atoms with Crippen molar-refractivity contribution >= 4 is 22.6 Å². The number of tetrazole rings is 1. The SMILES string of the molecule is Cc1ccc(N=Nc2cc(C)ccc2NC=C(C#N)c2nn[nH]n2)cc1. The highest BCUT2D eigenvalue weighted by Gasteiger charge is 2.07. The maximum absolute atomic E-state index is 9.24. The number of anilines is 1. The molecular formula is C18H16N8. The minimum Gasteiger partial charge on any atom is -0.358 e. The summed E-state index contributed by atoms with van der Waals surface area (Å²) in [6.07, 6.45) is 1.51. The summed E-state index contributed by atoms with van der Waals surface area (Å²) < 4.78 is 0. The number of H-pyrrole nitrogens is 1. The molecule has 0 saturated carbocycles. The number of hydrogen-bond donors (Lipinski definition) is 2. The molecule has 0 aliphatic carbocycles. The lowest BCUT2D eigenvalue weighted by Crippen LogP contribution is -1.93. The second-order valence-electron chi connectivity index (χ2n) is 5.61. The molecule has 0 fully saturated rings. The van der Waals surface area contributed by atoms with E-state index in [4.69, 9.17) is 0 Å². The number of nitrogens with zero attached hydrogens (tertiary/aromatic N) is 6. The Morgan fingerprint density at radius 2 is 1.88 bits per heavy atom. The molecule has 0 aliphatic heterocycles. The van der Waals surface area contributed by atoms with Crippen LogP contribution in [0.3, 0.4) is 0 Å². The lowest BCUT2D eigenvalue weighted by atomic mass is 10.2. The van der Waals surface area contributed by atoms with Crippen LogP contribution in [0.4, 0.5) is 17.1 Å². The summed E-state index contributed by atoms with van der Waals surface area (Å²) >= 11 is 0. The fourth-order valence-electron chi connectivity index (χ4n) is 2.14. The van der Waals surface area contributed by atoms with Crippen molar-refractivity contribution in [3.8, 4) is 6.07 Å². The first kappa shape index (κ1) is 17.0. The van der Waals surface area contributed by atoms with Crippen molar-refractivity contribution in [2.75, 3.05) is 5.32 Å². The zero-order valence-corrected chi connectivity index (χ0v) is 14.3. The van der Waals surface area contributed by atoms with E-state index in [0.29, 0.717) is 11.4 Å². The van der Waals surface area contributed by atoms with E-state index in [9.17, 15) is 5.26 Å². The second kappa shape index (κ2) is 7.81. The quantitative estimate of drug-likeness (QED) is 0.531. The Hall–Kier alpha value is -3.86. The molecule has 0 spiro atoms. The van der Waals surface area contributed by atoms with E-state index in [1.807, 2.05) is 62.4 Å². The highest BCUT2D eigenvalue weighted by molar-refractivity contribution is 5.76. The third-order valence-corrected chi connectivity index (χ3v) is 3.54. The number of aromatic nitrogens is 4. The average Bonchev–Trinajstić information content (AvgIpc) is 3.17. The summed E-state index contributed by atoms with van der Waals surface area (Å²) in [6, 6.07) is 15.5. The number of rotatable bonds is 5. The van der Waals surface area contributed by atoms with E-state index in [1.165, 1.54) is 6.20 Å². The summed E-state index contributed by atoms with van der Waals surface area (Å²) in [4.78, 5) is 0. The Morgan fingerprint density at radius 3 is 2.58 bits per heavy atom. The molecule has 0 atom stereocenters. The summed E-state index contributed by atoms with van der Waals surface area (Å²) in [5.74, 6) is 0.218. The van der Waals surface area contributed by atoms with Crippen LogP contribution in [0, 0.1) is 25.2 Å². The van der Waals surface area contributed by atoms with Crippen LogP contribution in [0.2, 0.25) is 0 Å². The molecule has 8 nitrogen and oxygen atoms in total. The molecule has 0 radical (unpaired) electrons. The Morgan fingerprint density at radius 1 is 1.12 bits per heavy atom. The fourth-order valence-corrected chi connectivity index (χ4v) is 2.14. The van der Waals surface area contributed by atoms with Gasteiger partial charge in [0.25, 0.3) is 0 Å². The van der Waals surface area contributed by atoms with Gasteiger partial charge in [-0.25, -0.2) is 0 Å². The van der Waals surface area contributed by atoms with Gasteiger partial charge in [0.2, 0.25) is 5.82 Å². The topological polar surface area (TPSA) is 115 Å². The number of aromatic amines is 1. The molecule has 1 heterocycles. The van der Waals surface area contributed by atoms with Gasteiger partial charge in [-0.15, -0.1) is 15.3 Å². The molecule has 3 aromatic rings. The van der Waals surface area contributed by atoms with Crippen LogP contribution in [0.5, 0.6) is 0 Å². The molecule has 0 aliphatic rings. The number of aryl methyl sites for hydroxylation is 2. The zero-order valence-electron chi connectivity index (χ0n) is 14.3. The minimum atomic E-state index is 0.218.